The summed E-state index contributed by atoms with van der Waals surface area (Å²) in [6, 6.07) is 6.17. The second kappa shape index (κ2) is 4.81. The number of phenols is 4. The summed E-state index contributed by atoms with van der Waals surface area (Å²) in [5, 5.41) is 48.1. The maximum atomic E-state index is 12.2. The molecule has 22 heavy (non-hydrogen) atoms. The van der Waals surface area contributed by atoms with Crippen LogP contribution in [0, 0.1) is 0 Å². The predicted octanol–water partition coefficient (Wildman–Crippen LogP) is 2.46. The van der Waals surface area contributed by atoms with Crippen molar-refractivity contribution in [3.8, 4) is 39.2 Å². The molecule has 0 aliphatic rings. The third-order valence-electron chi connectivity index (χ3n) is 3.17. The van der Waals surface area contributed by atoms with Crippen molar-refractivity contribution in [3.05, 3.63) is 40.6 Å². The number of hydrogen-bond acceptors (Lipinski definition) is 7. The van der Waals surface area contributed by atoms with Crippen molar-refractivity contribution < 1.29 is 25.5 Å². The Kier molecular flexibility index (Phi) is 3.07. The molecule has 1 heterocycles. The molecule has 0 bridgehead atoms. The molecule has 7 heteroatoms. The van der Waals surface area contributed by atoms with E-state index < -0.39 is 22.7 Å². The molecule has 2 aromatic carbocycles. The molecule has 0 unspecified atom stereocenters. The Morgan fingerprint density at radius 3 is 2.23 bits per heavy atom. The van der Waals surface area contributed by atoms with Crippen molar-refractivity contribution in [2.24, 2.45) is 0 Å². The van der Waals surface area contributed by atoms with Gasteiger partial charge in [0.1, 0.15) is 11.5 Å². The summed E-state index contributed by atoms with van der Waals surface area (Å²) in [4.78, 5) is 12.4. The fourth-order valence-electron chi connectivity index (χ4n) is 2.14. The molecule has 0 radical (unpaired) electrons. The van der Waals surface area contributed by atoms with E-state index in [2.05, 4.69) is 0 Å². The zero-order valence-corrected chi connectivity index (χ0v) is 11.8. The lowest BCUT2D eigenvalue weighted by atomic mass is 10.1. The predicted molar refractivity (Wildman–Crippen MR) is 81.9 cm³/mol. The highest BCUT2D eigenvalue weighted by Crippen LogP contribution is 2.41. The molecule has 0 fully saturated rings. The minimum Gasteiger partial charge on any atom is -0.508 e. The van der Waals surface area contributed by atoms with Gasteiger partial charge in [-0.2, -0.15) is 0 Å². The first-order valence-electron chi connectivity index (χ1n) is 6.12. The van der Waals surface area contributed by atoms with E-state index in [1.54, 1.807) is 0 Å². The van der Waals surface area contributed by atoms with Gasteiger partial charge in [-0.25, -0.2) is 0 Å². The molecule has 6 nitrogen and oxygen atoms in total. The van der Waals surface area contributed by atoms with Gasteiger partial charge in [0, 0.05) is 10.8 Å². The van der Waals surface area contributed by atoms with Crippen LogP contribution in [0.4, 0.5) is 0 Å². The van der Waals surface area contributed by atoms with Gasteiger partial charge < -0.3 is 25.5 Å². The molecule has 3 aromatic rings. The highest BCUT2D eigenvalue weighted by atomic mass is 32.1. The second-order valence-electron chi connectivity index (χ2n) is 4.65. The molecule has 0 aliphatic carbocycles. The minimum absolute atomic E-state index is 0.0907. The molecule has 112 valence electrons. The Balaban J connectivity index is 2.38. The molecule has 0 saturated heterocycles. The van der Waals surface area contributed by atoms with Gasteiger partial charge >= 0.3 is 0 Å². The van der Waals surface area contributed by atoms with Crippen LogP contribution in [0.25, 0.3) is 20.5 Å². The Bertz CT molecular complexity index is 960. The Labute approximate surface area is 127 Å². The molecular formula is C15H10O6S. The average Bonchev–Trinajstić information content (AvgIpc) is 2.45. The second-order valence-corrected chi connectivity index (χ2v) is 5.70. The van der Waals surface area contributed by atoms with Gasteiger partial charge in [-0.1, -0.05) is 0 Å². The lowest BCUT2D eigenvalue weighted by molar-refractivity contribution is 0.404. The highest BCUT2D eigenvalue weighted by Gasteiger charge is 2.17. The van der Waals surface area contributed by atoms with Gasteiger partial charge in [0.25, 0.3) is 0 Å². The van der Waals surface area contributed by atoms with E-state index in [1.807, 2.05) is 0 Å². The van der Waals surface area contributed by atoms with Crippen LogP contribution in [0.2, 0.25) is 0 Å². The zero-order valence-electron chi connectivity index (χ0n) is 10.9. The van der Waals surface area contributed by atoms with Crippen molar-refractivity contribution in [3.63, 3.8) is 0 Å². The normalized spacial score (nSPS) is 10.9. The van der Waals surface area contributed by atoms with Gasteiger partial charge in [0.15, 0.2) is 17.2 Å². The van der Waals surface area contributed by atoms with Crippen molar-refractivity contribution in [1.29, 1.82) is 0 Å². The highest BCUT2D eigenvalue weighted by molar-refractivity contribution is 7.21. The van der Waals surface area contributed by atoms with E-state index in [9.17, 15) is 30.3 Å². The molecule has 1 aromatic heterocycles. The number of hydrogen-bond donors (Lipinski definition) is 5. The summed E-state index contributed by atoms with van der Waals surface area (Å²) in [6.07, 6.45) is 0. The van der Waals surface area contributed by atoms with Crippen LogP contribution in [0.3, 0.4) is 0 Å². The standard InChI is InChI=1S/C15H10O6S/c16-7-4-10(19)12-11(5-7)22-15(14(21)13(12)20)6-1-2-8(17)9(18)3-6/h1-5,16-19,21H. The summed E-state index contributed by atoms with van der Waals surface area (Å²) < 4.78 is 0.280. The number of rotatable bonds is 1. The first-order valence-corrected chi connectivity index (χ1v) is 6.94. The van der Waals surface area contributed by atoms with Crippen LogP contribution in [0.15, 0.2) is 35.1 Å². The number of benzene rings is 2. The molecule has 0 aliphatic heterocycles. The lowest BCUT2D eigenvalue weighted by Crippen LogP contribution is -2.01. The third-order valence-corrected chi connectivity index (χ3v) is 4.35. The average molecular weight is 318 g/mol. The third kappa shape index (κ3) is 2.08. The number of fused-ring (bicyclic) bond motifs is 1. The van der Waals surface area contributed by atoms with Crippen LogP contribution in [-0.2, 0) is 0 Å². The van der Waals surface area contributed by atoms with E-state index in [0.29, 0.717) is 5.56 Å². The van der Waals surface area contributed by atoms with Gasteiger partial charge in [0.2, 0.25) is 5.43 Å². The fourth-order valence-corrected chi connectivity index (χ4v) is 3.27. The lowest BCUT2D eigenvalue weighted by Gasteiger charge is -2.08. The topological polar surface area (TPSA) is 118 Å². The molecule has 0 atom stereocenters. The summed E-state index contributed by atoms with van der Waals surface area (Å²) in [7, 11) is 0. The van der Waals surface area contributed by atoms with Gasteiger partial charge in [-0.15, -0.1) is 11.3 Å². The van der Waals surface area contributed by atoms with Gasteiger partial charge in [-0.05, 0) is 29.8 Å². The summed E-state index contributed by atoms with van der Waals surface area (Å²) >= 11 is 0.961. The molecule has 5 N–H and O–H groups in total. The maximum absolute atomic E-state index is 12.2. The van der Waals surface area contributed by atoms with Crippen molar-refractivity contribution in [2.45, 2.75) is 0 Å². The summed E-state index contributed by atoms with van der Waals surface area (Å²) in [5.74, 6) is -1.94. The van der Waals surface area contributed by atoms with Crippen molar-refractivity contribution in [2.75, 3.05) is 0 Å². The number of phenolic OH excluding ortho intramolecular Hbond substituents is 4. The fraction of sp³-hybridized carbons (Fsp3) is 0. The van der Waals surface area contributed by atoms with Crippen LogP contribution in [0.1, 0.15) is 0 Å². The number of aromatic hydroxyl groups is 5. The smallest absolute Gasteiger partial charge is 0.233 e. The molecular weight excluding hydrogens is 308 g/mol. The molecule has 0 amide bonds. The van der Waals surface area contributed by atoms with Crippen LogP contribution < -0.4 is 5.43 Å². The summed E-state index contributed by atoms with van der Waals surface area (Å²) in [5.41, 5.74) is -0.464. The Morgan fingerprint density at radius 2 is 1.55 bits per heavy atom. The van der Waals surface area contributed by atoms with E-state index >= 15 is 0 Å². The van der Waals surface area contributed by atoms with E-state index in [0.717, 1.165) is 17.4 Å². The summed E-state index contributed by atoms with van der Waals surface area (Å²) in [6.45, 7) is 0. The Hall–Kier alpha value is -2.93. The minimum atomic E-state index is -0.784. The zero-order chi connectivity index (χ0) is 16.0. The van der Waals surface area contributed by atoms with Gasteiger partial charge in [-0.3, -0.25) is 4.79 Å². The monoisotopic (exact) mass is 318 g/mol. The van der Waals surface area contributed by atoms with E-state index in [-0.39, 0.29) is 26.5 Å². The molecule has 0 saturated carbocycles. The largest absolute Gasteiger partial charge is 0.508 e. The first-order chi connectivity index (χ1) is 10.4. The van der Waals surface area contributed by atoms with Crippen molar-refractivity contribution >= 4 is 21.4 Å². The maximum Gasteiger partial charge on any atom is 0.233 e. The van der Waals surface area contributed by atoms with E-state index in [4.69, 9.17) is 0 Å². The molecule has 0 spiro atoms. The van der Waals surface area contributed by atoms with Crippen LogP contribution >= 0.6 is 11.3 Å². The van der Waals surface area contributed by atoms with Gasteiger partial charge in [0.05, 0.1) is 10.3 Å². The molecule has 3 rings (SSSR count). The van der Waals surface area contributed by atoms with E-state index in [1.165, 1.54) is 24.3 Å². The van der Waals surface area contributed by atoms with Crippen LogP contribution in [-0.4, -0.2) is 25.5 Å². The van der Waals surface area contributed by atoms with Crippen LogP contribution in [0.5, 0.6) is 28.7 Å². The SMILES string of the molecule is O=c1c(O)c(-c2ccc(O)c(O)c2)sc2cc(O)cc(O)c12. The van der Waals surface area contributed by atoms with Crippen molar-refractivity contribution in [1.82, 2.24) is 0 Å². The first kappa shape index (κ1) is 14.0. The Morgan fingerprint density at radius 1 is 0.818 bits per heavy atom. The quantitative estimate of drug-likeness (QED) is 0.440.